The highest BCUT2D eigenvalue weighted by Crippen LogP contribution is 2.27. The SMILES string of the molecule is CCn1c(SCC(=O)Nc2ccccc2CN2CCCC2C(N)=O)nnc1-c1ccccc1C. The van der Waals surface area contributed by atoms with Crippen LogP contribution in [0.2, 0.25) is 0 Å². The second kappa shape index (κ2) is 10.8. The summed E-state index contributed by atoms with van der Waals surface area (Å²) in [6.45, 7) is 6.20. The minimum atomic E-state index is -0.291. The molecule has 8 nitrogen and oxygen atoms in total. The summed E-state index contributed by atoms with van der Waals surface area (Å²) in [5, 5.41) is 12.5. The van der Waals surface area contributed by atoms with Gasteiger partial charge < -0.3 is 15.6 Å². The first kappa shape index (κ1) is 24.0. The van der Waals surface area contributed by atoms with Gasteiger partial charge in [0.2, 0.25) is 11.8 Å². The van der Waals surface area contributed by atoms with Crippen molar-refractivity contribution in [1.29, 1.82) is 0 Å². The van der Waals surface area contributed by atoms with Crippen LogP contribution in [0.25, 0.3) is 11.4 Å². The molecule has 1 aromatic heterocycles. The van der Waals surface area contributed by atoms with Crippen LogP contribution in [0.1, 0.15) is 30.9 Å². The molecule has 2 heterocycles. The summed E-state index contributed by atoms with van der Waals surface area (Å²) in [5.41, 5.74) is 9.45. The van der Waals surface area contributed by atoms with Crippen molar-refractivity contribution in [2.24, 2.45) is 5.73 Å². The molecule has 1 unspecified atom stereocenters. The number of hydrogen-bond donors (Lipinski definition) is 2. The molecule has 0 bridgehead atoms. The fourth-order valence-corrected chi connectivity index (χ4v) is 5.16. The molecule has 2 aromatic carbocycles. The number of nitrogens with two attached hydrogens (primary N) is 1. The zero-order valence-electron chi connectivity index (χ0n) is 19.5. The number of rotatable bonds is 9. The van der Waals surface area contributed by atoms with Crippen LogP contribution in [-0.4, -0.2) is 49.8 Å². The lowest BCUT2D eigenvalue weighted by Crippen LogP contribution is -2.39. The second-order valence-corrected chi connectivity index (χ2v) is 9.33. The highest BCUT2D eigenvalue weighted by Gasteiger charge is 2.29. The van der Waals surface area contributed by atoms with Crippen molar-refractivity contribution in [3.8, 4) is 11.4 Å². The Balaban J connectivity index is 1.42. The molecule has 34 heavy (non-hydrogen) atoms. The Morgan fingerprint density at radius 1 is 1.15 bits per heavy atom. The van der Waals surface area contributed by atoms with E-state index >= 15 is 0 Å². The first-order chi connectivity index (χ1) is 16.5. The van der Waals surface area contributed by atoms with E-state index in [4.69, 9.17) is 5.73 Å². The van der Waals surface area contributed by atoms with Gasteiger partial charge in [-0.25, -0.2) is 0 Å². The highest BCUT2D eigenvalue weighted by molar-refractivity contribution is 7.99. The molecule has 3 N–H and O–H groups in total. The number of para-hydroxylation sites is 1. The molecule has 178 valence electrons. The van der Waals surface area contributed by atoms with Crippen LogP contribution in [0.4, 0.5) is 5.69 Å². The van der Waals surface area contributed by atoms with Gasteiger partial charge in [0.25, 0.3) is 0 Å². The Labute approximate surface area is 203 Å². The number of carbonyl (C=O) groups is 2. The summed E-state index contributed by atoms with van der Waals surface area (Å²) < 4.78 is 2.03. The highest BCUT2D eigenvalue weighted by atomic mass is 32.2. The van der Waals surface area contributed by atoms with E-state index in [9.17, 15) is 9.59 Å². The molecule has 1 aliphatic rings. The Morgan fingerprint density at radius 2 is 1.91 bits per heavy atom. The Hall–Kier alpha value is -3.17. The Morgan fingerprint density at radius 3 is 2.68 bits per heavy atom. The van der Waals surface area contributed by atoms with E-state index in [1.54, 1.807) is 0 Å². The van der Waals surface area contributed by atoms with Crippen LogP contribution >= 0.6 is 11.8 Å². The Bertz CT molecular complexity index is 1180. The molecule has 0 saturated carbocycles. The van der Waals surface area contributed by atoms with Gasteiger partial charge in [0.15, 0.2) is 11.0 Å². The first-order valence-corrected chi connectivity index (χ1v) is 12.5. The predicted octanol–water partition coefficient (Wildman–Crippen LogP) is 3.45. The average molecular weight is 479 g/mol. The summed E-state index contributed by atoms with van der Waals surface area (Å²) in [5.74, 6) is 0.617. The van der Waals surface area contributed by atoms with Gasteiger partial charge in [-0.2, -0.15) is 0 Å². The molecule has 1 aliphatic heterocycles. The van der Waals surface area contributed by atoms with Crippen molar-refractivity contribution < 1.29 is 9.59 Å². The van der Waals surface area contributed by atoms with E-state index in [2.05, 4.69) is 33.4 Å². The van der Waals surface area contributed by atoms with Gasteiger partial charge >= 0.3 is 0 Å². The quantitative estimate of drug-likeness (QED) is 0.456. The summed E-state index contributed by atoms with van der Waals surface area (Å²) >= 11 is 1.37. The normalized spacial score (nSPS) is 16.0. The van der Waals surface area contributed by atoms with E-state index in [0.717, 1.165) is 47.6 Å². The van der Waals surface area contributed by atoms with Crippen molar-refractivity contribution in [3.63, 3.8) is 0 Å². The summed E-state index contributed by atoms with van der Waals surface area (Å²) in [4.78, 5) is 26.6. The van der Waals surface area contributed by atoms with Crippen LogP contribution in [-0.2, 0) is 22.7 Å². The molecular weight excluding hydrogens is 448 g/mol. The third-order valence-electron chi connectivity index (χ3n) is 6.11. The van der Waals surface area contributed by atoms with Crippen LogP contribution in [0.3, 0.4) is 0 Å². The van der Waals surface area contributed by atoms with Gasteiger partial charge in [0.05, 0.1) is 11.8 Å². The maximum absolute atomic E-state index is 12.8. The minimum Gasteiger partial charge on any atom is -0.368 e. The minimum absolute atomic E-state index is 0.117. The number of nitrogens with one attached hydrogen (secondary N) is 1. The summed E-state index contributed by atoms with van der Waals surface area (Å²) in [6, 6.07) is 15.5. The number of hydrogen-bond acceptors (Lipinski definition) is 6. The van der Waals surface area contributed by atoms with Crippen LogP contribution < -0.4 is 11.1 Å². The van der Waals surface area contributed by atoms with E-state index in [-0.39, 0.29) is 23.6 Å². The van der Waals surface area contributed by atoms with Crippen molar-refractivity contribution in [1.82, 2.24) is 19.7 Å². The smallest absolute Gasteiger partial charge is 0.234 e. The third kappa shape index (κ3) is 5.31. The monoisotopic (exact) mass is 478 g/mol. The number of benzene rings is 2. The number of thioether (sulfide) groups is 1. The summed E-state index contributed by atoms with van der Waals surface area (Å²) in [7, 11) is 0. The third-order valence-corrected chi connectivity index (χ3v) is 7.08. The average Bonchev–Trinajstić information content (AvgIpc) is 3.46. The molecule has 1 fully saturated rings. The molecule has 3 aromatic rings. The second-order valence-electron chi connectivity index (χ2n) is 8.39. The molecule has 9 heteroatoms. The summed E-state index contributed by atoms with van der Waals surface area (Å²) in [6.07, 6.45) is 1.73. The standard InChI is InChI=1S/C25H30N6O2S/c1-3-31-24(19-11-6-4-9-17(19)2)28-29-25(31)34-16-22(32)27-20-12-7-5-10-18(20)15-30-14-8-13-21(30)23(26)33/h4-7,9-12,21H,3,8,13-16H2,1-2H3,(H2,26,33)(H,27,32). The van der Waals surface area contributed by atoms with Gasteiger partial charge in [-0.05, 0) is 50.4 Å². The molecular formula is C25H30N6O2S. The van der Waals surface area contributed by atoms with Gasteiger partial charge in [0.1, 0.15) is 0 Å². The molecule has 1 atom stereocenters. The lowest BCUT2D eigenvalue weighted by atomic mass is 10.1. The number of aryl methyl sites for hydroxylation is 1. The zero-order chi connectivity index (χ0) is 24.1. The van der Waals surface area contributed by atoms with E-state index in [1.165, 1.54) is 11.8 Å². The lowest BCUT2D eigenvalue weighted by Gasteiger charge is -2.23. The largest absolute Gasteiger partial charge is 0.368 e. The Kier molecular flexibility index (Phi) is 7.64. The molecule has 0 aliphatic carbocycles. The number of likely N-dealkylation sites (tertiary alicyclic amines) is 1. The molecule has 0 spiro atoms. The van der Waals surface area contributed by atoms with Crippen molar-refractivity contribution >= 4 is 29.3 Å². The van der Waals surface area contributed by atoms with Gasteiger partial charge in [0, 0.05) is 24.3 Å². The fourth-order valence-electron chi connectivity index (χ4n) is 4.36. The van der Waals surface area contributed by atoms with Crippen molar-refractivity contribution in [3.05, 3.63) is 59.7 Å². The van der Waals surface area contributed by atoms with Gasteiger partial charge in [-0.1, -0.05) is 54.2 Å². The number of aromatic nitrogens is 3. The van der Waals surface area contributed by atoms with Gasteiger partial charge in [-0.15, -0.1) is 10.2 Å². The number of amides is 2. The van der Waals surface area contributed by atoms with Crippen molar-refractivity contribution in [2.45, 2.75) is 51.0 Å². The van der Waals surface area contributed by atoms with E-state index in [1.807, 2.05) is 54.0 Å². The maximum atomic E-state index is 12.8. The zero-order valence-corrected chi connectivity index (χ0v) is 20.3. The lowest BCUT2D eigenvalue weighted by molar-refractivity contribution is -0.122. The number of anilines is 1. The fraction of sp³-hybridized carbons (Fsp3) is 0.360. The van der Waals surface area contributed by atoms with E-state index in [0.29, 0.717) is 18.2 Å². The predicted molar refractivity (Wildman–Crippen MR) is 134 cm³/mol. The molecule has 1 saturated heterocycles. The molecule has 4 rings (SSSR count). The number of primary amides is 1. The van der Waals surface area contributed by atoms with Crippen LogP contribution in [0.15, 0.2) is 53.7 Å². The topological polar surface area (TPSA) is 106 Å². The first-order valence-electron chi connectivity index (χ1n) is 11.5. The van der Waals surface area contributed by atoms with E-state index < -0.39 is 0 Å². The molecule has 0 radical (unpaired) electrons. The van der Waals surface area contributed by atoms with Crippen LogP contribution in [0.5, 0.6) is 0 Å². The van der Waals surface area contributed by atoms with Crippen LogP contribution in [0, 0.1) is 6.92 Å². The number of carbonyl (C=O) groups excluding carboxylic acids is 2. The maximum Gasteiger partial charge on any atom is 0.234 e. The molecule has 2 amide bonds. The number of nitrogens with zero attached hydrogens (tertiary/aromatic N) is 4. The van der Waals surface area contributed by atoms with Gasteiger partial charge in [-0.3, -0.25) is 14.5 Å². The van der Waals surface area contributed by atoms with Crippen molar-refractivity contribution in [2.75, 3.05) is 17.6 Å².